The summed E-state index contributed by atoms with van der Waals surface area (Å²) in [5.74, 6) is 1.64. The van der Waals surface area contributed by atoms with Gasteiger partial charge in [-0.25, -0.2) is 0 Å². The van der Waals surface area contributed by atoms with Crippen molar-refractivity contribution in [1.29, 1.82) is 0 Å². The van der Waals surface area contributed by atoms with Gasteiger partial charge in [0, 0.05) is 6.04 Å². The molecule has 0 radical (unpaired) electrons. The van der Waals surface area contributed by atoms with Crippen molar-refractivity contribution in [3.05, 3.63) is 20.8 Å². The second-order valence-corrected chi connectivity index (χ2v) is 7.24. The second-order valence-electron chi connectivity index (χ2n) is 4.78. The predicted molar refractivity (Wildman–Crippen MR) is 68.7 cm³/mol. The molecule has 1 heterocycles. The maximum absolute atomic E-state index is 12.0. The molecule has 4 heteroatoms. The van der Waals surface area contributed by atoms with Crippen molar-refractivity contribution < 1.29 is 4.79 Å². The van der Waals surface area contributed by atoms with Gasteiger partial charge >= 0.3 is 0 Å². The number of hydrogen-bond donors (Lipinski definition) is 1. The van der Waals surface area contributed by atoms with Crippen molar-refractivity contribution in [2.45, 2.75) is 31.7 Å². The van der Waals surface area contributed by atoms with Crippen LogP contribution >= 0.6 is 27.3 Å². The Morgan fingerprint density at radius 2 is 1.94 bits per heavy atom. The molecule has 1 aromatic heterocycles. The molecule has 0 saturated heterocycles. The number of rotatable bonds is 4. The Hall–Kier alpha value is -0.350. The molecule has 3 rings (SSSR count). The van der Waals surface area contributed by atoms with Gasteiger partial charge in [-0.05, 0) is 65.6 Å². The molecule has 0 spiro atoms. The Labute approximate surface area is 108 Å². The molecule has 0 unspecified atom stereocenters. The number of nitrogens with one attached hydrogen (secondary N) is 1. The monoisotopic (exact) mass is 299 g/mol. The van der Waals surface area contributed by atoms with Gasteiger partial charge in [-0.15, -0.1) is 11.3 Å². The summed E-state index contributed by atoms with van der Waals surface area (Å²) in [7, 11) is 0. The summed E-state index contributed by atoms with van der Waals surface area (Å²) in [5.41, 5.74) is 0. The van der Waals surface area contributed by atoms with E-state index in [0.717, 1.165) is 20.5 Å². The normalized spacial score (nSPS) is 20.1. The molecule has 2 fully saturated rings. The number of carbonyl (C=O) groups is 1. The van der Waals surface area contributed by atoms with E-state index in [1.165, 1.54) is 37.0 Å². The smallest absolute Gasteiger partial charge is 0.261 e. The summed E-state index contributed by atoms with van der Waals surface area (Å²) in [6.45, 7) is 0. The molecule has 1 N–H and O–H groups in total. The lowest BCUT2D eigenvalue weighted by atomic mass is 10.1. The van der Waals surface area contributed by atoms with E-state index in [2.05, 4.69) is 21.2 Å². The van der Waals surface area contributed by atoms with Crippen molar-refractivity contribution in [2.24, 2.45) is 11.8 Å². The molecule has 86 valence electrons. The fourth-order valence-electron chi connectivity index (χ4n) is 2.19. The summed E-state index contributed by atoms with van der Waals surface area (Å²) in [6.07, 6.45) is 5.20. The number of hydrogen-bond acceptors (Lipinski definition) is 2. The average Bonchev–Trinajstić information content (AvgIpc) is 3.14. The maximum atomic E-state index is 12.0. The summed E-state index contributed by atoms with van der Waals surface area (Å²) >= 11 is 4.89. The van der Waals surface area contributed by atoms with Crippen molar-refractivity contribution in [3.63, 3.8) is 0 Å². The van der Waals surface area contributed by atoms with Gasteiger partial charge in [-0.2, -0.15) is 0 Å². The quantitative estimate of drug-likeness (QED) is 0.907. The van der Waals surface area contributed by atoms with Crippen molar-refractivity contribution in [1.82, 2.24) is 5.32 Å². The van der Waals surface area contributed by atoms with Gasteiger partial charge < -0.3 is 5.32 Å². The average molecular weight is 300 g/mol. The van der Waals surface area contributed by atoms with Crippen molar-refractivity contribution >= 4 is 33.2 Å². The Balaban J connectivity index is 1.66. The number of amides is 1. The first-order chi connectivity index (χ1) is 7.74. The fourth-order valence-corrected chi connectivity index (χ4v) is 3.48. The van der Waals surface area contributed by atoms with E-state index < -0.39 is 0 Å². The Bertz CT molecular complexity index is 397. The zero-order valence-corrected chi connectivity index (χ0v) is 11.3. The molecule has 1 aromatic rings. The van der Waals surface area contributed by atoms with Crippen LogP contribution in [0.5, 0.6) is 0 Å². The standard InChI is InChI=1S/C12H14BrNOS/c13-10-6-5-9(16-10)12(15)14-11(7-1-2-7)8-3-4-8/h5-8,11H,1-4H2,(H,14,15). The van der Waals surface area contributed by atoms with Crippen LogP contribution in [-0.4, -0.2) is 11.9 Å². The third-order valence-corrected chi connectivity index (χ3v) is 4.98. The first kappa shape index (κ1) is 10.8. The van der Waals surface area contributed by atoms with Crippen LogP contribution in [0.15, 0.2) is 15.9 Å². The molecule has 1 amide bonds. The van der Waals surface area contributed by atoms with Crippen LogP contribution in [0, 0.1) is 11.8 Å². The van der Waals surface area contributed by atoms with Crippen LogP contribution in [0.25, 0.3) is 0 Å². The number of halogens is 1. The topological polar surface area (TPSA) is 29.1 Å². The zero-order valence-electron chi connectivity index (χ0n) is 8.91. The lowest BCUT2D eigenvalue weighted by Gasteiger charge is -2.16. The van der Waals surface area contributed by atoms with E-state index in [9.17, 15) is 4.79 Å². The Morgan fingerprint density at radius 3 is 2.38 bits per heavy atom. The van der Waals surface area contributed by atoms with Crippen LogP contribution < -0.4 is 5.32 Å². The van der Waals surface area contributed by atoms with E-state index >= 15 is 0 Å². The van der Waals surface area contributed by atoms with E-state index in [1.54, 1.807) is 0 Å². The van der Waals surface area contributed by atoms with Gasteiger partial charge in [0.2, 0.25) is 0 Å². The predicted octanol–water partition coefficient (Wildman–Crippen LogP) is 3.43. The minimum Gasteiger partial charge on any atom is -0.348 e. The SMILES string of the molecule is O=C(NC(C1CC1)C1CC1)c1ccc(Br)s1. The molecular weight excluding hydrogens is 286 g/mol. The van der Waals surface area contributed by atoms with E-state index in [4.69, 9.17) is 0 Å². The highest BCUT2D eigenvalue weighted by molar-refractivity contribution is 9.11. The second kappa shape index (κ2) is 4.15. The van der Waals surface area contributed by atoms with Crippen LogP contribution in [0.1, 0.15) is 35.4 Å². The molecular formula is C12H14BrNOS. The van der Waals surface area contributed by atoms with Gasteiger partial charge in [0.25, 0.3) is 5.91 Å². The Morgan fingerprint density at radius 1 is 1.31 bits per heavy atom. The van der Waals surface area contributed by atoms with Crippen LogP contribution in [-0.2, 0) is 0 Å². The largest absolute Gasteiger partial charge is 0.348 e. The van der Waals surface area contributed by atoms with E-state index in [0.29, 0.717) is 6.04 Å². The highest BCUT2D eigenvalue weighted by atomic mass is 79.9. The lowest BCUT2D eigenvalue weighted by molar-refractivity contribution is 0.0930. The summed E-state index contributed by atoms with van der Waals surface area (Å²) < 4.78 is 1.02. The van der Waals surface area contributed by atoms with Crippen LogP contribution in [0.4, 0.5) is 0 Å². The molecule has 2 aliphatic carbocycles. The third-order valence-electron chi connectivity index (χ3n) is 3.35. The van der Waals surface area contributed by atoms with Gasteiger partial charge in [-0.1, -0.05) is 0 Å². The molecule has 0 atom stereocenters. The zero-order chi connectivity index (χ0) is 11.1. The molecule has 16 heavy (non-hydrogen) atoms. The third kappa shape index (κ3) is 2.33. The molecule has 2 saturated carbocycles. The molecule has 0 aliphatic heterocycles. The van der Waals surface area contributed by atoms with Crippen molar-refractivity contribution in [3.8, 4) is 0 Å². The van der Waals surface area contributed by atoms with E-state index in [1.807, 2.05) is 12.1 Å². The number of thiophene rings is 1. The van der Waals surface area contributed by atoms with Crippen LogP contribution in [0.3, 0.4) is 0 Å². The van der Waals surface area contributed by atoms with Gasteiger partial charge in [0.1, 0.15) is 0 Å². The van der Waals surface area contributed by atoms with Crippen LogP contribution in [0.2, 0.25) is 0 Å². The molecule has 0 aromatic carbocycles. The summed E-state index contributed by atoms with van der Waals surface area (Å²) in [5, 5.41) is 3.22. The van der Waals surface area contributed by atoms with Gasteiger partial charge in [-0.3, -0.25) is 4.79 Å². The minimum absolute atomic E-state index is 0.111. The first-order valence-electron chi connectivity index (χ1n) is 5.80. The van der Waals surface area contributed by atoms with E-state index in [-0.39, 0.29) is 5.91 Å². The summed E-state index contributed by atoms with van der Waals surface area (Å²) in [6, 6.07) is 4.28. The maximum Gasteiger partial charge on any atom is 0.261 e. The molecule has 2 nitrogen and oxygen atoms in total. The minimum atomic E-state index is 0.111. The molecule has 0 bridgehead atoms. The fraction of sp³-hybridized carbons (Fsp3) is 0.583. The lowest BCUT2D eigenvalue weighted by Crippen LogP contribution is -2.37. The molecule has 2 aliphatic rings. The highest BCUT2D eigenvalue weighted by Crippen LogP contribution is 2.44. The van der Waals surface area contributed by atoms with Gasteiger partial charge in [0.15, 0.2) is 0 Å². The number of carbonyl (C=O) groups excluding carboxylic acids is 1. The van der Waals surface area contributed by atoms with Gasteiger partial charge in [0.05, 0.1) is 8.66 Å². The highest BCUT2D eigenvalue weighted by Gasteiger charge is 2.42. The first-order valence-corrected chi connectivity index (χ1v) is 7.41. The summed E-state index contributed by atoms with van der Waals surface area (Å²) in [4.78, 5) is 12.8. The van der Waals surface area contributed by atoms with Crippen molar-refractivity contribution in [2.75, 3.05) is 0 Å². The Kier molecular flexibility index (Phi) is 2.80.